The predicted molar refractivity (Wildman–Crippen MR) is 103 cm³/mol. The zero-order valence-corrected chi connectivity index (χ0v) is 16.3. The van der Waals surface area contributed by atoms with Crippen LogP contribution in [-0.2, 0) is 11.3 Å². The standard InChI is InChI=1S/C18H25N7O3/c1-18(2,3)28-17(26)25-6-4-24(5-7-25)16-22-10-14(11-23-16)27-12-13-8-20-15(19)21-9-13/h8-11H,4-7,12H2,1-3H3,(H2,19,20,21). The van der Waals surface area contributed by atoms with E-state index in [9.17, 15) is 4.79 Å². The second kappa shape index (κ2) is 8.24. The average Bonchev–Trinajstić information content (AvgIpc) is 2.67. The third-order valence-electron chi connectivity index (χ3n) is 3.96. The van der Waals surface area contributed by atoms with Gasteiger partial charge in [0, 0.05) is 44.1 Å². The zero-order chi connectivity index (χ0) is 20.1. The molecule has 10 nitrogen and oxygen atoms in total. The van der Waals surface area contributed by atoms with E-state index < -0.39 is 5.60 Å². The summed E-state index contributed by atoms with van der Waals surface area (Å²) in [7, 11) is 0. The average molecular weight is 387 g/mol. The SMILES string of the molecule is CC(C)(C)OC(=O)N1CCN(c2ncc(OCc3cnc(N)nc3)cn2)CC1. The molecule has 0 aromatic carbocycles. The highest BCUT2D eigenvalue weighted by molar-refractivity contribution is 5.68. The summed E-state index contributed by atoms with van der Waals surface area (Å²) in [5, 5.41) is 0. The molecule has 0 saturated carbocycles. The van der Waals surface area contributed by atoms with Gasteiger partial charge in [-0.2, -0.15) is 0 Å². The Morgan fingerprint density at radius 3 is 2.21 bits per heavy atom. The van der Waals surface area contributed by atoms with E-state index in [1.54, 1.807) is 29.7 Å². The van der Waals surface area contributed by atoms with E-state index in [1.807, 2.05) is 25.7 Å². The summed E-state index contributed by atoms with van der Waals surface area (Å²) in [5.74, 6) is 1.38. The maximum atomic E-state index is 12.1. The Balaban J connectivity index is 1.49. The molecule has 28 heavy (non-hydrogen) atoms. The van der Waals surface area contributed by atoms with Crippen LogP contribution in [0.1, 0.15) is 26.3 Å². The van der Waals surface area contributed by atoms with Crippen LogP contribution in [0.3, 0.4) is 0 Å². The largest absolute Gasteiger partial charge is 0.486 e. The molecule has 3 rings (SSSR count). The minimum Gasteiger partial charge on any atom is -0.486 e. The van der Waals surface area contributed by atoms with E-state index in [1.165, 1.54) is 0 Å². The fraction of sp³-hybridized carbons (Fsp3) is 0.500. The van der Waals surface area contributed by atoms with Crippen LogP contribution in [0, 0.1) is 0 Å². The van der Waals surface area contributed by atoms with E-state index >= 15 is 0 Å². The number of hydrogen-bond acceptors (Lipinski definition) is 9. The van der Waals surface area contributed by atoms with Crippen molar-refractivity contribution in [3.05, 3.63) is 30.4 Å². The molecular weight excluding hydrogens is 362 g/mol. The monoisotopic (exact) mass is 387 g/mol. The summed E-state index contributed by atoms with van der Waals surface area (Å²) >= 11 is 0. The maximum Gasteiger partial charge on any atom is 0.410 e. The quantitative estimate of drug-likeness (QED) is 0.831. The van der Waals surface area contributed by atoms with Crippen molar-refractivity contribution in [1.82, 2.24) is 24.8 Å². The van der Waals surface area contributed by atoms with Gasteiger partial charge >= 0.3 is 6.09 Å². The van der Waals surface area contributed by atoms with E-state index in [4.69, 9.17) is 15.2 Å². The molecule has 0 atom stereocenters. The number of rotatable bonds is 4. The van der Waals surface area contributed by atoms with Crippen LogP contribution in [0.15, 0.2) is 24.8 Å². The summed E-state index contributed by atoms with van der Waals surface area (Å²) in [6.45, 7) is 8.29. The summed E-state index contributed by atoms with van der Waals surface area (Å²) < 4.78 is 11.0. The van der Waals surface area contributed by atoms with Gasteiger partial charge in [0.2, 0.25) is 11.9 Å². The van der Waals surface area contributed by atoms with Gasteiger partial charge in [-0.3, -0.25) is 0 Å². The van der Waals surface area contributed by atoms with Gasteiger partial charge in [-0.05, 0) is 20.8 Å². The fourth-order valence-electron chi connectivity index (χ4n) is 2.57. The van der Waals surface area contributed by atoms with Gasteiger partial charge in [0.1, 0.15) is 12.2 Å². The van der Waals surface area contributed by atoms with Crippen LogP contribution in [0.4, 0.5) is 16.7 Å². The first-order chi connectivity index (χ1) is 13.3. The molecule has 0 radical (unpaired) electrons. The Labute approximate surface area is 163 Å². The molecule has 0 bridgehead atoms. The van der Waals surface area contributed by atoms with Crippen molar-refractivity contribution >= 4 is 18.0 Å². The highest BCUT2D eigenvalue weighted by atomic mass is 16.6. The molecule has 3 heterocycles. The van der Waals surface area contributed by atoms with Gasteiger partial charge in [-0.15, -0.1) is 0 Å². The molecule has 2 aromatic rings. The van der Waals surface area contributed by atoms with Crippen LogP contribution in [0.5, 0.6) is 5.75 Å². The lowest BCUT2D eigenvalue weighted by Gasteiger charge is -2.35. The summed E-state index contributed by atoms with van der Waals surface area (Å²) in [4.78, 5) is 32.4. The molecule has 0 aliphatic carbocycles. The number of nitrogens with two attached hydrogens (primary N) is 1. The Hall–Kier alpha value is -3.17. The number of carbonyl (C=O) groups excluding carboxylic acids is 1. The van der Waals surface area contributed by atoms with Gasteiger partial charge in [0.15, 0.2) is 5.75 Å². The van der Waals surface area contributed by atoms with Crippen LogP contribution in [0.2, 0.25) is 0 Å². The molecule has 1 saturated heterocycles. The molecule has 150 valence electrons. The number of carbonyl (C=O) groups is 1. The molecule has 1 fully saturated rings. The topological polar surface area (TPSA) is 120 Å². The fourth-order valence-corrected chi connectivity index (χ4v) is 2.57. The maximum absolute atomic E-state index is 12.1. The van der Waals surface area contributed by atoms with Crippen molar-refractivity contribution in [2.75, 3.05) is 36.8 Å². The number of aromatic nitrogens is 4. The van der Waals surface area contributed by atoms with Crippen LogP contribution < -0.4 is 15.4 Å². The lowest BCUT2D eigenvalue weighted by molar-refractivity contribution is 0.0240. The third kappa shape index (κ3) is 5.41. The van der Waals surface area contributed by atoms with Gasteiger partial charge in [-0.25, -0.2) is 24.7 Å². The summed E-state index contributed by atoms with van der Waals surface area (Å²) in [5.41, 5.74) is 5.77. The molecule has 10 heteroatoms. The molecule has 2 N–H and O–H groups in total. The Morgan fingerprint density at radius 1 is 1.04 bits per heavy atom. The van der Waals surface area contributed by atoms with Crippen molar-refractivity contribution in [3.8, 4) is 5.75 Å². The lowest BCUT2D eigenvalue weighted by Crippen LogP contribution is -2.50. The minimum atomic E-state index is -0.494. The van der Waals surface area contributed by atoms with Crippen LogP contribution in [-0.4, -0.2) is 62.7 Å². The Morgan fingerprint density at radius 2 is 1.64 bits per heavy atom. The molecule has 0 spiro atoms. The summed E-state index contributed by atoms with van der Waals surface area (Å²) in [6, 6.07) is 0. The smallest absolute Gasteiger partial charge is 0.410 e. The number of piperazine rings is 1. The second-order valence-electron chi connectivity index (χ2n) is 7.41. The normalized spacial score (nSPS) is 14.7. The number of nitrogens with zero attached hydrogens (tertiary/aromatic N) is 6. The van der Waals surface area contributed by atoms with Crippen molar-refractivity contribution in [2.45, 2.75) is 33.0 Å². The van der Waals surface area contributed by atoms with Gasteiger partial charge in [0.05, 0.1) is 12.4 Å². The molecule has 2 aromatic heterocycles. The van der Waals surface area contributed by atoms with Gasteiger partial charge in [-0.1, -0.05) is 0 Å². The van der Waals surface area contributed by atoms with Crippen molar-refractivity contribution in [2.24, 2.45) is 0 Å². The summed E-state index contributed by atoms with van der Waals surface area (Å²) in [6.07, 6.45) is 6.19. The van der Waals surface area contributed by atoms with Crippen molar-refractivity contribution < 1.29 is 14.3 Å². The highest BCUT2D eigenvalue weighted by Crippen LogP contribution is 2.17. The highest BCUT2D eigenvalue weighted by Gasteiger charge is 2.26. The van der Waals surface area contributed by atoms with Gasteiger partial charge in [0.25, 0.3) is 0 Å². The molecule has 1 aliphatic heterocycles. The predicted octanol–water partition coefficient (Wildman–Crippen LogP) is 1.48. The van der Waals surface area contributed by atoms with Crippen LogP contribution in [0.25, 0.3) is 0 Å². The number of anilines is 2. The van der Waals surface area contributed by atoms with E-state index in [-0.39, 0.29) is 12.0 Å². The van der Waals surface area contributed by atoms with Crippen molar-refractivity contribution in [1.29, 1.82) is 0 Å². The van der Waals surface area contributed by atoms with Gasteiger partial charge < -0.3 is 25.0 Å². The Bertz CT molecular complexity index is 782. The second-order valence-corrected chi connectivity index (χ2v) is 7.41. The first-order valence-corrected chi connectivity index (χ1v) is 9.04. The van der Waals surface area contributed by atoms with E-state index in [0.717, 1.165) is 5.56 Å². The molecule has 0 unspecified atom stereocenters. The minimum absolute atomic E-state index is 0.225. The zero-order valence-electron chi connectivity index (χ0n) is 16.3. The van der Waals surface area contributed by atoms with Crippen molar-refractivity contribution in [3.63, 3.8) is 0 Å². The molecular formula is C18H25N7O3. The molecule has 1 amide bonds. The van der Waals surface area contributed by atoms with E-state index in [2.05, 4.69) is 19.9 Å². The number of nitrogen functional groups attached to an aromatic ring is 1. The lowest BCUT2D eigenvalue weighted by atomic mass is 10.2. The molecule has 1 aliphatic rings. The number of amides is 1. The van der Waals surface area contributed by atoms with Crippen LogP contribution >= 0.6 is 0 Å². The first kappa shape index (κ1) is 19.6. The Kier molecular flexibility index (Phi) is 5.76. The van der Waals surface area contributed by atoms with E-state index in [0.29, 0.717) is 44.5 Å². The first-order valence-electron chi connectivity index (χ1n) is 9.04. The third-order valence-corrected chi connectivity index (χ3v) is 3.96. The number of hydrogen-bond donors (Lipinski definition) is 1. The number of ether oxygens (including phenoxy) is 2.